The van der Waals surface area contributed by atoms with Gasteiger partial charge in [-0.3, -0.25) is 4.79 Å². The van der Waals surface area contributed by atoms with Crippen LogP contribution in [0, 0.1) is 0 Å². The molecule has 1 amide bonds. The van der Waals surface area contributed by atoms with Gasteiger partial charge in [0, 0.05) is 32.8 Å². The lowest BCUT2D eigenvalue weighted by atomic mass is 10.3. The summed E-state index contributed by atoms with van der Waals surface area (Å²) < 4.78 is 5.13. The Bertz CT molecular complexity index is 231. The second-order valence-corrected chi connectivity index (χ2v) is 4.55. The summed E-state index contributed by atoms with van der Waals surface area (Å²) >= 11 is 0. The molecule has 0 saturated carbocycles. The number of rotatable bonds is 8. The van der Waals surface area contributed by atoms with Gasteiger partial charge in [0.2, 0.25) is 5.91 Å². The van der Waals surface area contributed by atoms with Crippen molar-refractivity contribution in [3.63, 3.8) is 0 Å². The lowest BCUT2D eigenvalue weighted by Gasteiger charge is -2.32. The number of aliphatic hydroxyl groups excluding tert-OH is 1. The Morgan fingerprint density at radius 3 is 2.67 bits per heavy atom. The van der Waals surface area contributed by atoms with Crippen molar-refractivity contribution in [1.82, 2.24) is 15.1 Å². The molecule has 1 heterocycles. The minimum absolute atomic E-state index is 0.0648. The monoisotopic (exact) mass is 259 g/mol. The molecule has 1 rings (SSSR count). The molecular weight excluding hydrogens is 234 g/mol. The van der Waals surface area contributed by atoms with Crippen LogP contribution < -0.4 is 5.32 Å². The predicted molar refractivity (Wildman–Crippen MR) is 69.5 cm³/mol. The smallest absolute Gasteiger partial charge is 0.236 e. The highest BCUT2D eigenvalue weighted by Gasteiger charge is 2.17. The van der Waals surface area contributed by atoms with E-state index in [-0.39, 0.29) is 12.5 Å². The molecule has 0 spiro atoms. The third kappa shape index (κ3) is 6.30. The maximum Gasteiger partial charge on any atom is 0.236 e. The number of carbonyl (C=O) groups is 1. The normalized spacial score (nSPS) is 17.1. The van der Waals surface area contributed by atoms with Gasteiger partial charge in [0.25, 0.3) is 0 Å². The van der Waals surface area contributed by atoms with Crippen LogP contribution in [0.1, 0.15) is 6.42 Å². The van der Waals surface area contributed by atoms with E-state index >= 15 is 0 Å². The van der Waals surface area contributed by atoms with Gasteiger partial charge in [-0.15, -0.1) is 0 Å². The minimum Gasteiger partial charge on any atom is -0.394 e. The molecule has 1 aliphatic heterocycles. The maximum atomic E-state index is 11.8. The molecule has 18 heavy (non-hydrogen) atoms. The molecule has 0 atom stereocenters. The van der Waals surface area contributed by atoms with Crippen molar-refractivity contribution in [3.05, 3.63) is 0 Å². The molecule has 0 aromatic heterocycles. The Morgan fingerprint density at radius 2 is 2.00 bits per heavy atom. The molecule has 0 aromatic rings. The summed E-state index contributed by atoms with van der Waals surface area (Å²) in [5, 5.41) is 11.6. The molecule has 6 heteroatoms. The summed E-state index contributed by atoms with van der Waals surface area (Å²) in [6.45, 7) is 5.83. The average Bonchev–Trinajstić information content (AvgIpc) is 2.38. The highest BCUT2D eigenvalue weighted by atomic mass is 16.5. The summed E-state index contributed by atoms with van der Waals surface area (Å²) in [4.78, 5) is 16.0. The van der Waals surface area contributed by atoms with Gasteiger partial charge in [0.15, 0.2) is 0 Å². The second-order valence-electron chi connectivity index (χ2n) is 4.55. The summed E-state index contributed by atoms with van der Waals surface area (Å²) in [7, 11) is 2.08. The Morgan fingerprint density at radius 1 is 1.28 bits per heavy atom. The molecular formula is C12H25N3O3. The topological polar surface area (TPSA) is 65.0 Å². The van der Waals surface area contributed by atoms with E-state index in [4.69, 9.17) is 9.84 Å². The zero-order chi connectivity index (χ0) is 13.2. The largest absolute Gasteiger partial charge is 0.394 e. The van der Waals surface area contributed by atoms with Gasteiger partial charge in [-0.1, -0.05) is 0 Å². The fourth-order valence-electron chi connectivity index (χ4n) is 1.83. The van der Waals surface area contributed by atoms with Crippen LogP contribution in [0.4, 0.5) is 0 Å². The van der Waals surface area contributed by atoms with Gasteiger partial charge in [-0.2, -0.15) is 0 Å². The van der Waals surface area contributed by atoms with Gasteiger partial charge in [0.1, 0.15) is 0 Å². The third-order valence-electron chi connectivity index (χ3n) is 3.01. The van der Waals surface area contributed by atoms with Gasteiger partial charge in [0.05, 0.1) is 19.8 Å². The number of likely N-dealkylation sites (N-methyl/N-ethyl adjacent to an activating group) is 1. The Labute approximate surface area is 109 Å². The fraction of sp³-hybridized carbons (Fsp3) is 0.917. The number of aliphatic hydroxyl groups is 1. The summed E-state index contributed by atoms with van der Waals surface area (Å²) in [5.74, 6) is 0.180. The van der Waals surface area contributed by atoms with E-state index in [0.717, 1.165) is 39.1 Å². The highest BCUT2D eigenvalue weighted by molar-refractivity contribution is 5.78. The van der Waals surface area contributed by atoms with E-state index < -0.39 is 0 Å². The number of ether oxygens (including phenoxy) is 1. The van der Waals surface area contributed by atoms with Crippen LogP contribution in [0.3, 0.4) is 0 Å². The first-order valence-electron chi connectivity index (χ1n) is 6.59. The Balaban J connectivity index is 1.96. The molecule has 0 unspecified atom stereocenters. The van der Waals surface area contributed by atoms with Crippen molar-refractivity contribution in [1.29, 1.82) is 0 Å². The molecule has 6 nitrogen and oxygen atoms in total. The Hall–Kier alpha value is -0.690. The standard InChI is InChI=1S/C12H25N3O3/c1-14-4-6-15(7-5-14)12(17)11-13-3-2-9-18-10-8-16/h13,16H,2-11H2,1H3. The van der Waals surface area contributed by atoms with E-state index in [0.29, 0.717) is 19.8 Å². The molecule has 106 valence electrons. The fourth-order valence-corrected chi connectivity index (χ4v) is 1.83. The molecule has 0 bridgehead atoms. The molecule has 0 aromatic carbocycles. The van der Waals surface area contributed by atoms with Crippen molar-refractivity contribution in [2.75, 3.05) is 66.1 Å². The van der Waals surface area contributed by atoms with Crippen LogP contribution in [-0.2, 0) is 9.53 Å². The number of amides is 1. The van der Waals surface area contributed by atoms with Crippen LogP contribution in [0.2, 0.25) is 0 Å². The molecule has 0 aliphatic carbocycles. The van der Waals surface area contributed by atoms with Crippen molar-refractivity contribution in [2.24, 2.45) is 0 Å². The predicted octanol–water partition coefficient (Wildman–Crippen LogP) is -1.25. The second kappa shape index (κ2) is 9.27. The van der Waals surface area contributed by atoms with E-state index in [1.54, 1.807) is 0 Å². The van der Waals surface area contributed by atoms with Crippen molar-refractivity contribution >= 4 is 5.91 Å². The number of nitrogens with one attached hydrogen (secondary N) is 1. The van der Waals surface area contributed by atoms with E-state index in [2.05, 4.69) is 17.3 Å². The number of nitrogens with zero attached hydrogens (tertiary/aromatic N) is 2. The third-order valence-corrected chi connectivity index (χ3v) is 3.01. The summed E-state index contributed by atoms with van der Waals surface area (Å²) in [6.07, 6.45) is 0.857. The van der Waals surface area contributed by atoms with Gasteiger partial charge < -0.3 is 25.0 Å². The van der Waals surface area contributed by atoms with Gasteiger partial charge >= 0.3 is 0 Å². The first-order valence-corrected chi connectivity index (χ1v) is 6.59. The first kappa shape index (κ1) is 15.4. The van der Waals surface area contributed by atoms with Crippen molar-refractivity contribution in [3.8, 4) is 0 Å². The number of carbonyl (C=O) groups excluding carboxylic acids is 1. The lowest BCUT2D eigenvalue weighted by molar-refractivity contribution is -0.131. The molecule has 1 fully saturated rings. The number of piperazine rings is 1. The highest BCUT2D eigenvalue weighted by Crippen LogP contribution is 1.98. The van der Waals surface area contributed by atoms with E-state index in [1.165, 1.54) is 0 Å². The van der Waals surface area contributed by atoms with Gasteiger partial charge in [-0.05, 0) is 20.0 Å². The molecule has 2 N–H and O–H groups in total. The van der Waals surface area contributed by atoms with Crippen LogP contribution in [0.5, 0.6) is 0 Å². The molecule has 1 aliphatic rings. The zero-order valence-corrected chi connectivity index (χ0v) is 11.2. The maximum absolute atomic E-state index is 11.8. The van der Waals surface area contributed by atoms with Gasteiger partial charge in [-0.25, -0.2) is 0 Å². The van der Waals surface area contributed by atoms with Crippen LogP contribution in [0.25, 0.3) is 0 Å². The number of hydrogen-bond donors (Lipinski definition) is 2. The van der Waals surface area contributed by atoms with Crippen molar-refractivity contribution in [2.45, 2.75) is 6.42 Å². The summed E-state index contributed by atoms with van der Waals surface area (Å²) in [6, 6.07) is 0. The lowest BCUT2D eigenvalue weighted by Crippen LogP contribution is -2.49. The molecule has 1 saturated heterocycles. The first-order chi connectivity index (χ1) is 8.74. The minimum atomic E-state index is 0.0648. The molecule has 0 radical (unpaired) electrons. The van der Waals surface area contributed by atoms with Crippen LogP contribution >= 0.6 is 0 Å². The number of hydrogen-bond acceptors (Lipinski definition) is 5. The summed E-state index contributed by atoms with van der Waals surface area (Å²) in [5.41, 5.74) is 0. The van der Waals surface area contributed by atoms with Crippen molar-refractivity contribution < 1.29 is 14.6 Å². The SMILES string of the molecule is CN1CCN(C(=O)CNCCCOCCO)CC1. The quantitative estimate of drug-likeness (QED) is 0.533. The Kier molecular flexibility index (Phi) is 7.91. The zero-order valence-electron chi connectivity index (χ0n) is 11.2. The van der Waals surface area contributed by atoms with Crippen LogP contribution in [-0.4, -0.2) is 87.0 Å². The van der Waals surface area contributed by atoms with E-state index in [1.807, 2.05) is 4.90 Å². The van der Waals surface area contributed by atoms with Crippen LogP contribution in [0.15, 0.2) is 0 Å². The average molecular weight is 259 g/mol. The van der Waals surface area contributed by atoms with E-state index in [9.17, 15) is 4.79 Å².